The number of nitrogens with zero attached hydrogens (tertiary/aromatic N) is 3. The van der Waals surface area contributed by atoms with Crippen molar-refractivity contribution in [2.24, 2.45) is 4.99 Å². The maximum Gasteiger partial charge on any atom is 0.282 e. The summed E-state index contributed by atoms with van der Waals surface area (Å²) in [5.41, 5.74) is 3.02. The molecule has 0 unspecified atom stereocenters. The maximum atomic E-state index is 13.5. The van der Waals surface area contributed by atoms with Gasteiger partial charge in [-0.2, -0.15) is 4.68 Å². The standard InChI is InChI=1S/C21H19FN4OS/c1-3-7-17-19(13(2)23-15-9-6-8-14(22)12-15)20(27)26(25-17)21-24-16-10-4-5-11-18(16)28-21/h4-6,8-12,25H,3,7H2,1-2H3. The molecule has 0 saturated heterocycles. The number of H-pyrrole nitrogens is 1. The number of hydrogen-bond acceptors (Lipinski definition) is 4. The topological polar surface area (TPSA) is 63.0 Å². The lowest BCUT2D eigenvalue weighted by Crippen LogP contribution is -2.19. The van der Waals surface area contributed by atoms with E-state index in [-0.39, 0.29) is 11.4 Å². The number of fused-ring (bicyclic) bond motifs is 1. The molecule has 28 heavy (non-hydrogen) atoms. The predicted octanol–water partition coefficient (Wildman–Crippen LogP) is 5.01. The van der Waals surface area contributed by atoms with Crippen molar-refractivity contribution in [1.82, 2.24) is 14.8 Å². The third-order valence-electron chi connectivity index (χ3n) is 4.41. The van der Waals surface area contributed by atoms with Gasteiger partial charge in [0.05, 0.1) is 27.2 Å². The molecule has 4 rings (SSSR count). The fourth-order valence-corrected chi connectivity index (χ4v) is 4.10. The van der Waals surface area contributed by atoms with Crippen LogP contribution in [0, 0.1) is 5.82 Å². The molecule has 1 N–H and O–H groups in total. The maximum absolute atomic E-state index is 13.5. The average molecular weight is 394 g/mol. The quantitative estimate of drug-likeness (QED) is 0.484. The molecule has 2 aromatic heterocycles. The minimum absolute atomic E-state index is 0.194. The van der Waals surface area contributed by atoms with Crippen LogP contribution in [0.25, 0.3) is 15.3 Å². The number of aryl methyl sites for hydroxylation is 1. The van der Waals surface area contributed by atoms with Gasteiger partial charge in [0.2, 0.25) is 5.13 Å². The summed E-state index contributed by atoms with van der Waals surface area (Å²) < 4.78 is 16.0. The van der Waals surface area contributed by atoms with Crippen LogP contribution in [0.5, 0.6) is 0 Å². The first-order valence-electron chi connectivity index (χ1n) is 9.08. The van der Waals surface area contributed by atoms with E-state index < -0.39 is 0 Å². The van der Waals surface area contributed by atoms with Gasteiger partial charge in [0.25, 0.3) is 5.56 Å². The number of hydrogen-bond donors (Lipinski definition) is 1. The molecule has 0 aliphatic heterocycles. The van der Waals surface area contributed by atoms with Gasteiger partial charge < -0.3 is 0 Å². The summed E-state index contributed by atoms with van der Waals surface area (Å²) in [4.78, 5) is 22.2. The summed E-state index contributed by atoms with van der Waals surface area (Å²) >= 11 is 1.45. The highest BCUT2D eigenvalue weighted by atomic mass is 32.1. The number of aromatic nitrogens is 3. The summed E-state index contributed by atoms with van der Waals surface area (Å²) in [6.07, 6.45) is 1.58. The van der Waals surface area contributed by atoms with Crippen molar-refractivity contribution in [1.29, 1.82) is 0 Å². The van der Waals surface area contributed by atoms with Gasteiger partial charge in [0.15, 0.2) is 0 Å². The van der Waals surface area contributed by atoms with Crippen molar-refractivity contribution < 1.29 is 4.39 Å². The molecule has 0 amide bonds. The van der Waals surface area contributed by atoms with E-state index in [0.29, 0.717) is 28.5 Å². The van der Waals surface area contributed by atoms with Crippen LogP contribution in [0.3, 0.4) is 0 Å². The zero-order valence-electron chi connectivity index (χ0n) is 15.6. The molecule has 0 spiro atoms. The van der Waals surface area contributed by atoms with Gasteiger partial charge in [-0.05, 0) is 43.7 Å². The normalized spacial score (nSPS) is 12.0. The Bertz CT molecular complexity index is 1200. The molecule has 2 heterocycles. The number of aliphatic imine (C=N–C) groups is 1. The Balaban J connectivity index is 1.84. The van der Waals surface area contributed by atoms with Gasteiger partial charge in [-0.3, -0.25) is 14.9 Å². The van der Waals surface area contributed by atoms with Gasteiger partial charge in [0.1, 0.15) is 5.82 Å². The lowest BCUT2D eigenvalue weighted by Gasteiger charge is -2.01. The van der Waals surface area contributed by atoms with Crippen molar-refractivity contribution >= 4 is 33.0 Å². The van der Waals surface area contributed by atoms with E-state index in [4.69, 9.17) is 0 Å². The van der Waals surface area contributed by atoms with E-state index in [0.717, 1.165) is 22.3 Å². The number of para-hydroxylation sites is 1. The van der Waals surface area contributed by atoms with Gasteiger partial charge in [-0.25, -0.2) is 9.37 Å². The molecule has 0 aliphatic carbocycles. The van der Waals surface area contributed by atoms with E-state index in [2.05, 4.69) is 22.0 Å². The van der Waals surface area contributed by atoms with E-state index in [1.807, 2.05) is 24.3 Å². The third kappa shape index (κ3) is 3.41. The van der Waals surface area contributed by atoms with E-state index in [1.54, 1.807) is 19.1 Å². The molecule has 0 saturated carbocycles. The Labute approximate surface area is 165 Å². The monoisotopic (exact) mass is 394 g/mol. The van der Waals surface area contributed by atoms with E-state index >= 15 is 0 Å². The molecular formula is C21H19FN4OS. The second-order valence-electron chi connectivity index (χ2n) is 6.50. The van der Waals surface area contributed by atoms with Crippen LogP contribution in [0.15, 0.2) is 58.3 Å². The molecule has 0 atom stereocenters. The number of nitrogens with one attached hydrogen (secondary N) is 1. The fraction of sp³-hybridized carbons (Fsp3) is 0.190. The van der Waals surface area contributed by atoms with Crippen molar-refractivity contribution in [3.8, 4) is 5.13 Å². The second kappa shape index (κ2) is 7.52. The van der Waals surface area contributed by atoms with Crippen molar-refractivity contribution in [2.75, 3.05) is 0 Å². The Morgan fingerprint density at radius 3 is 2.82 bits per heavy atom. The van der Waals surface area contributed by atoms with Crippen LogP contribution in [0.4, 0.5) is 10.1 Å². The number of thiazole rings is 1. The minimum Gasteiger partial charge on any atom is -0.292 e. The van der Waals surface area contributed by atoms with E-state index in [9.17, 15) is 9.18 Å². The zero-order valence-corrected chi connectivity index (χ0v) is 16.4. The Morgan fingerprint density at radius 1 is 1.25 bits per heavy atom. The Hall–Kier alpha value is -3.06. The predicted molar refractivity (Wildman–Crippen MR) is 112 cm³/mol. The first-order valence-corrected chi connectivity index (χ1v) is 9.89. The zero-order chi connectivity index (χ0) is 19.7. The van der Waals surface area contributed by atoms with Gasteiger partial charge >= 0.3 is 0 Å². The lowest BCUT2D eigenvalue weighted by atomic mass is 10.1. The molecule has 2 aromatic carbocycles. The highest BCUT2D eigenvalue weighted by Gasteiger charge is 2.19. The molecule has 7 heteroatoms. The number of rotatable bonds is 5. The Kier molecular flexibility index (Phi) is 4.92. The SMILES string of the molecule is CCCc1[nH]n(-c2nc3ccccc3s2)c(=O)c1C(C)=Nc1cccc(F)c1. The second-order valence-corrected chi connectivity index (χ2v) is 7.51. The van der Waals surface area contributed by atoms with Gasteiger partial charge in [-0.1, -0.05) is 42.9 Å². The van der Waals surface area contributed by atoms with Crippen LogP contribution in [0.2, 0.25) is 0 Å². The third-order valence-corrected chi connectivity index (χ3v) is 5.43. The largest absolute Gasteiger partial charge is 0.292 e. The van der Waals surface area contributed by atoms with Crippen molar-refractivity contribution in [3.05, 3.63) is 76.0 Å². The van der Waals surface area contributed by atoms with Crippen LogP contribution in [0.1, 0.15) is 31.5 Å². The average Bonchev–Trinajstić information content (AvgIpc) is 3.23. The molecule has 0 bridgehead atoms. The van der Waals surface area contributed by atoms with Crippen LogP contribution in [-0.4, -0.2) is 20.5 Å². The molecular weight excluding hydrogens is 375 g/mol. The van der Waals surface area contributed by atoms with E-state index in [1.165, 1.54) is 28.2 Å². The number of aromatic amines is 1. The molecule has 5 nitrogen and oxygen atoms in total. The highest BCUT2D eigenvalue weighted by Crippen LogP contribution is 2.24. The first kappa shape index (κ1) is 18.3. The molecule has 0 aliphatic rings. The molecule has 0 radical (unpaired) electrons. The van der Waals surface area contributed by atoms with Crippen LogP contribution < -0.4 is 5.56 Å². The highest BCUT2D eigenvalue weighted by molar-refractivity contribution is 7.20. The summed E-state index contributed by atoms with van der Waals surface area (Å²) in [6, 6.07) is 13.8. The number of benzene rings is 2. The Morgan fingerprint density at radius 2 is 2.07 bits per heavy atom. The van der Waals surface area contributed by atoms with Gasteiger partial charge in [-0.15, -0.1) is 0 Å². The summed E-state index contributed by atoms with van der Waals surface area (Å²) in [6.45, 7) is 3.83. The molecule has 0 fully saturated rings. The molecule has 142 valence electrons. The lowest BCUT2D eigenvalue weighted by molar-refractivity contribution is 0.628. The summed E-state index contributed by atoms with van der Waals surface area (Å²) in [5, 5.41) is 3.79. The van der Waals surface area contributed by atoms with Crippen LogP contribution >= 0.6 is 11.3 Å². The minimum atomic E-state index is -0.358. The van der Waals surface area contributed by atoms with Gasteiger partial charge in [0, 0.05) is 5.69 Å². The van der Waals surface area contributed by atoms with Crippen molar-refractivity contribution in [3.63, 3.8) is 0 Å². The molecule has 4 aromatic rings. The smallest absolute Gasteiger partial charge is 0.282 e. The summed E-state index contributed by atoms with van der Waals surface area (Å²) in [7, 11) is 0. The number of halogens is 1. The summed E-state index contributed by atoms with van der Waals surface area (Å²) in [5.74, 6) is -0.358. The van der Waals surface area contributed by atoms with Crippen molar-refractivity contribution in [2.45, 2.75) is 26.7 Å². The van der Waals surface area contributed by atoms with Crippen LogP contribution in [-0.2, 0) is 6.42 Å². The first-order chi connectivity index (χ1) is 13.6. The fourth-order valence-electron chi connectivity index (χ4n) is 3.17.